The average molecular weight is 631 g/mol. The quantitative estimate of drug-likeness (QED) is 0.181. The lowest BCUT2D eigenvalue weighted by Crippen LogP contribution is -2.78. The van der Waals surface area contributed by atoms with E-state index in [1.165, 1.54) is 12.1 Å². The third-order valence-corrected chi connectivity index (χ3v) is 9.61. The molecule has 6 unspecified atom stereocenters. The summed E-state index contributed by atoms with van der Waals surface area (Å²) in [5, 5.41) is 56.4. The first kappa shape index (κ1) is 29.4. The number of phenols is 2. The Morgan fingerprint density at radius 1 is 1.02 bits per heavy atom. The lowest BCUT2D eigenvalue weighted by molar-refractivity contribution is -0.200. The molecule has 1 aliphatic heterocycles. The molecule has 1 spiro atoms. The molecule has 0 radical (unpaired) electrons. The van der Waals surface area contributed by atoms with E-state index in [-0.39, 0.29) is 40.0 Å². The third kappa shape index (κ3) is 3.23. The van der Waals surface area contributed by atoms with Crippen molar-refractivity contribution in [3.63, 3.8) is 0 Å². The molecule has 0 fully saturated rings. The number of rotatable bonds is 2. The van der Waals surface area contributed by atoms with Crippen LogP contribution in [0.5, 0.6) is 17.2 Å². The van der Waals surface area contributed by atoms with Gasteiger partial charge in [-0.2, -0.15) is 0 Å². The number of hydrogen-bond donors (Lipinski definition) is 5. The number of allylic oxidation sites excluding steroid dienone is 1. The first-order valence-electron chi connectivity index (χ1n) is 14.2. The molecule has 6 aliphatic rings. The van der Waals surface area contributed by atoms with Gasteiger partial charge in [0.05, 0.1) is 29.6 Å². The van der Waals surface area contributed by atoms with E-state index in [4.69, 9.17) is 14.2 Å². The Hall–Kier alpha value is -5.27. The summed E-state index contributed by atoms with van der Waals surface area (Å²) in [6.07, 6.45) is 0.920. The van der Waals surface area contributed by atoms with E-state index in [1.807, 2.05) is 0 Å². The minimum Gasteiger partial charge on any atom is -0.507 e. The number of fused-ring (bicyclic) bond motifs is 3. The minimum absolute atomic E-state index is 0.0699. The SMILES string of the molecule is COC(=O)C12Oc3c(c(O)cc4c3C3C=CC5(C4)C(=C(O)c4c(O)cc(C)cc4C5OC(C)=O)C3=O)C(=O)C1(O)C(=O)C=CC2O. The standard InChI is InChI=1S/C33H26O13/c1-12-8-16-22(17(35)9-12)26(40)24-25(39)15-6-7-31(24,29(16)45-13(2)34)11-14-10-18(36)23-27(21(14)15)46-33(30(42)44-3)20(38)5-4-19(37)32(33,43)28(23)41/h4-10,15,20,29,35-36,38,40,43H,11H2,1-3H3. The number of aryl methyl sites for hydroxylation is 1. The predicted molar refractivity (Wildman–Crippen MR) is 153 cm³/mol. The van der Waals surface area contributed by atoms with Crippen LogP contribution in [0.3, 0.4) is 0 Å². The molecule has 8 rings (SSSR count). The van der Waals surface area contributed by atoms with Crippen LogP contribution in [0.4, 0.5) is 0 Å². The van der Waals surface area contributed by atoms with Crippen molar-refractivity contribution in [3.05, 3.63) is 81.5 Å². The van der Waals surface area contributed by atoms with Gasteiger partial charge in [0.25, 0.3) is 5.60 Å². The van der Waals surface area contributed by atoms with E-state index in [2.05, 4.69) is 0 Å². The number of esters is 2. The lowest BCUT2D eigenvalue weighted by Gasteiger charge is -2.49. The van der Waals surface area contributed by atoms with Crippen molar-refractivity contribution >= 4 is 35.0 Å². The molecule has 0 aromatic heterocycles. The number of aliphatic hydroxyl groups is 3. The van der Waals surface area contributed by atoms with Gasteiger partial charge < -0.3 is 39.7 Å². The highest BCUT2D eigenvalue weighted by Gasteiger charge is 2.75. The van der Waals surface area contributed by atoms with Gasteiger partial charge >= 0.3 is 11.9 Å². The van der Waals surface area contributed by atoms with E-state index >= 15 is 0 Å². The van der Waals surface area contributed by atoms with Gasteiger partial charge in [-0.1, -0.05) is 18.2 Å². The molecule has 236 valence electrons. The number of benzene rings is 2. The number of aromatic hydroxyl groups is 2. The summed E-state index contributed by atoms with van der Waals surface area (Å²) in [5.74, 6) is -9.42. The molecule has 46 heavy (non-hydrogen) atoms. The smallest absolute Gasteiger partial charge is 0.357 e. The van der Waals surface area contributed by atoms with Gasteiger partial charge in [-0.3, -0.25) is 19.2 Å². The summed E-state index contributed by atoms with van der Waals surface area (Å²) in [5.41, 5.74) is -8.22. The normalized spacial score (nSPS) is 31.6. The van der Waals surface area contributed by atoms with Crippen LogP contribution in [0.1, 0.15) is 57.1 Å². The molecule has 2 aromatic rings. The highest BCUT2D eigenvalue weighted by molar-refractivity contribution is 6.28. The van der Waals surface area contributed by atoms with Crippen molar-refractivity contribution in [2.45, 2.75) is 49.6 Å². The Balaban J connectivity index is 1.54. The molecule has 0 saturated carbocycles. The highest BCUT2D eigenvalue weighted by Crippen LogP contribution is 2.63. The van der Waals surface area contributed by atoms with Crippen LogP contribution in [0.15, 0.2) is 48.1 Å². The van der Waals surface area contributed by atoms with Crippen molar-refractivity contribution in [2.24, 2.45) is 5.41 Å². The maximum Gasteiger partial charge on any atom is 0.357 e. The van der Waals surface area contributed by atoms with E-state index in [0.29, 0.717) is 11.6 Å². The van der Waals surface area contributed by atoms with Crippen molar-refractivity contribution < 1.29 is 63.7 Å². The zero-order chi connectivity index (χ0) is 33.2. The second kappa shape index (κ2) is 9.14. The molecule has 6 atom stereocenters. The Morgan fingerprint density at radius 3 is 2.39 bits per heavy atom. The molecule has 2 bridgehead atoms. The number of phenolic OH excluding ortho intramolecular Hbond substituents is 2. The van der Waals surface area contributed by atoms with Crippen LogP contribution in [0.25, 0.3) is 5.76 Å². The van der Waals surface area contributed by atoms with Crippen LogP contribution in [0, 0.1) is 12.3 Å². The number of carbonyl (C=O) groups is 5. The third-order valence-electron chi connectivity index (χ3n) is 9.61. The van der Waals surface area contributed by atoms with E-state index in [1.54, 1.807) is 19.1 Å². The number of carbonyl (C=O) groups excluding carboxylic acids is 5. The topological polar surface area (TPSA) is 214 Å². The number of ketones is 3. The maximum absolute atomic E-state index is 14.5. The second-order valence-electron chi connectivity index (χ2n) is 12.1. The Bertz CT molecular complexity index is 1970. The van der Waals surface area contributed by atoms with Crippen LogP contribution in [0.2, 0.25) is 0 Å². The van der Waals surface area contributed by atoms with Gasteiger partial charge in [0.15, 0.2) is 11.6 Å². The summed E-state index contributed by atoms with van der Waals surface area (Å²) in [6, 6.07) is 4.10. The maximum atomic E-state index is 14.5. The van der Waals surface area contributed by atoms with E-state index in [0.717, 1.165) is 26.2 Å². The first-order chi connectivity index (χ1) is 21.6. The average Bonchev–Trinajstić information content (AvgIpc) is 3.21. The zero-order valence-corrected chi connectivity index (χ0v) is 24.5. The molecule has 0 saturated heterocycles. The molecule has 1 heterocycles. The fourth-order valence-corrected chi connectivity index (χ4v) is 7.73. The van der Waals surface area contributed by atoms with Crippen LogP contribution in [-0.2, 0) is 35.1 Å². The van der Waals surface area contributed by atoms with Crippen molar-refractivity contribution in [3.8, 4) is 17.2 Å². The van der Waals surface area contributed by atoms with Crippen molar-refractivity contribution in [2.75, 3.05) is 7.11 Å². The summed E-state index contributed by atoms with van der Waals surface area (Å²) in [7, 11) is 0.885. The molecule has 13 nitrogen and oxygen atoms in total. The lowest BCUT2D eigenvalue weighted by atomic mass is 9.61. The molecular weight excluding hydrogens is 604 g/mol. The molecular formula is C33H26O13. The monoisotopic (exact) mass is 630 g/mol. The number of Topliss-reactive ketones (excluding diaryl/α,β-unsaturated/α-hetero) is 2. The first-order valence-corrected chi connectivity index (χ1v) is 14.2. The van der Waals surface area contributed by atoms with Crippen molar-refractivity contribution in [1.29, 1.82) is 0 Å². The molecule has 5 N–H and O–H groups in total. The Morgan fingerprint density at radius 2 is 1.72 bits per heavy atom. The van der Waals surface area contributed by atoms with Gasteiger partial charge in [0.2, 0.25) is 11.4 Å². The highest BCUT2D eigenvalue weighted by atomic mass is 16.6. The molecule has 5 aliphatic carbocycles. The molecule has 13 heteroatoms. The van der Waals surface area contributed by atoms with E-state index < -0.39 is 86.9 Å². The van der Waals surface area contributed by atoms with Crippen LogP contribution in [-0.4, -0.2) is 79.2 Å². The summed E-state index contributed by atoms with van der Waals surface area (Å²) >= 11 is 0. The fraction of sp³-hybridized carbons (Fsp3) is 0.303. The number of aliphatic hydroxyl groups excluding tert-OH is 2. The number of ether oxygens (including phenoxy) is 3. The number of methoxy groups -OCH3 is 1. The fourth-order valence-electron chi connectivity index (χ4n) is 7.73. The summed E-state index contributed by atoms with van der Waals surface area (Å²) < 4.78 is 16.6. The van der Waals surface area contributed by atoms with Gasteiger partial charge in [0, 0.05) is 18.1 Å². The van der Waals surface area contributed by atoms with Crippen LogP contribution < -0.4 is 4.74 Å². The van der Waals surface area contributed by atoms with Crippen molar-refractivity contribution in [1.82, 2.24) is 0 Å². The van der Waals surface area contributed by atoms with Gasteiger partial charge in [-0.15, -0.1) is 0 Å². The minimum atomic E-state index is -3.36. The zero-order valence-electron chi connectivity index (χ0n) is 24.5. The number of hydrogen-bond acceptors (Lipinski definition) is 13. The largest absolute Gasteiger partial charge is 0.507 e. The van der Waals surface area contributed by atoms with E-state index in [9.17, 15) is 49.5 Å². The summed E-state index contributed by atoms with van der Waals surface area (Å²) in [4.78, 5) is 67.3. The molecule has 0 amide bonds. The second-order valence-corrected chi connectivity index (χ2v) is 12.1. The Kier molecular flexibility index (Phi) is 5.85. The van der Waals surface area contributed by atoms with Crippen LogP contribution >= 0.6 is 0 Å². The van der Waals surface area contributed by atoms with Gasteiger partial charge in [0.1, 0.15) is 40.8 Å². The van der Waals surface area contributed by atoms with Gasteiger partial charge in [-0.25, -0.2) is 4.79 Å². The molecule has 2 aromatic carbocycles. The predicted octanol–water partition coefficient (Wildman–Crippen LogP) is 1.48. The summed E-state index contributed by atoms with van der Waals surface area (Å²) in [6.45, 7) is 2.83. The Labute approximate surface area is 259 Å². The van der Waals surface area contributed by atoms with Gasteiger partial charge in [-0.05, 0) is 48.8 Å².